The second kappa shape index (κ2) is 5.68. The molecular weight excluding hydrogens is 268 g/mol. The van der Waals surface area contributed by atoms with Gasteiger partial charge in [0.05, 0.1) is 12.4 Å². The molecule has 0 atom stereocenters. The second-order valence-electron chi connectivity index (χ2n) is 6.85. The maximum Gasteiger partial charge on any atom is 0.0992 e. The zero-order valence-electron chi connectivity index (χ0n) is 14.3. The summed E-state index contributed by atoms with van der Waals surface area (Å²) < 4.78 is 0. The summed E-state index contributed by atoms with van der Waals surface area (Å²) >= 11 is 0. The topological polar surface area (TPSA) is 6.48 Å². The van der Waals surface area contributed by atoms with Crippen LogP contribution in [0, 0.1) is 0 Å². The lowest BCUT2D eigenvalue weighted by atomic mass is 9.92. The van der Waals surface area contributed by atoms with Crippen molar-refractivity contribution in [3.05, 3.63) is 65.1 Å². The maximum atomic E-state index is 2.42. The Morgan fingerprint density at radius 1 is 1.00 bits per heavy atom. The lowest BCUT2D eigenvalue weighted by molar-refractivity contribution is 0.475. The first-order valence-electron chi connectivity index (χ1n) is 8.22. The highest BCUT2D eigenvalue weighted by Crippen LogP contribution is 2.39. The maximum absolute atomic E-state index is 2.42. The van der Waals surface area contributed by atoms with Crippen LogP contribution in [0.5, 0.6) is 0 Å². The highest BCUT2D eigenvalue weighted by Gasteiger charge is 2.26. The molecule has 0 amide bonds. The number of rotatable bonds is 3. The van der Waals surface area contributed by atoms with Crippen molar-refractivity contribution >= 4 is 5.69 Å². The van der Waals surface area contributed by atoms with Crippen LogP contribution in [0.3, 0.4) is 0 Å². The smallest absolute Gasteiger partial charge is 0.0992 e. The van der Waals surface area contributed by atoms with Crippen LogP contribution in [0.15, 0.2) is 54.0 Å². The van der Waals surface area contributed by atoms with Crippen molar-refractivity contribution in [2.45, 2.75) is 46.5 Å². The van der Waals surface area contributed by atoms with Gasteiger partial charge in [-0.3, -0.25) is 0 Å². The fourth-order valence-electron chi connectivity index (χ4n) is 3.31. The Bertz CT molecular complexity index is 636. The van der Waals surface area contributed by atoms with Crippen LogP contribution < -0.4 is 4.90 Å². The molecule has 0 aromatic heterocycles. The van der Waals surface area contributed by atoms with Crippen molar-refractivity contribution in [2.24, 2.45) is 0 Å². The monoisotopic (exact) mass is 294 g/mol. The molecule has 0 bridgehead atoms. The Kier molecular flexibility index (Phi) is 3.86. The Morgan fingerprint density at radius 2 is 1.64 bits per heavy atom. The molecule has 0 aliphatic carbocycles. The van der Waals surface area contributed by atoms with Crippen LogP contribution in [-0.4, -0.2) is 11.6 Å². The third kappa shape index (κ3) is 2.47. The van der Waals surface area contributed by atoms with E-state index in [-0.39, 0.29) is 0 Å². The molecule has 1 aromatic carbocycles. The molecule has 0 radical (unpaired) electrons. The van der Waals surface area contributed by atoms with E-state index in [4.69, 9.17) is 0 Å². The van der Waals surface area contributed by atoms with Gasteiger partial charge in [-0.05, 0) is 42.0 Å². The fraction of sp³-hybridized carbons (Fsp3) is 0.400. The number of allylic oxidation sites excluding steroid dienone is 4. The van der Waals surface area contributed by atoms with E-state index in [1.807, 2.05) is 0 Å². The predicted octanol–water partition coefficient (Wildman–Crippen LogP) is 5.33. The van der Waals surface area contributed by atoms with Gasteiger partial charge in [0.2, 0.25) is 0 Å². The van der Waals surface area contributed by atoms with Crippen LogP contribution in [0.2, 0.25) is 0 Å². The van der Waals surface area contributed by atoms with Crippen molar-refractivity contribution < 1.29 is 0 Å². The average molecular weight is 294 g/mol. The second-order valence-corrected chi connectivity index (χ2v) is 6.85. The summed E-state index contributed by atoms with van der Waals surface area (Å²) in [6, 6.07) is 6.76. The zero-order chi connectivity index (χ0) is 15.9. The molecular formula is C20H26N2. The van der Waals surface area contributed by atoms with Crippen LogP contribution >= 0.6 is 0 Å². The van der Waals surface area contributed by atoms with E-state index in [1.165, 1.54) is 28.2 Å². The molecule has 2 heteroatoms. The standard InChI is InChI=1S/C20H26N2/c1-14(2)18-10-7-11-19(15(3)4)20(18)21-12-17-9-6-8-16(5)22(17)13-21/h6-12,14-15H,13H2,1-5H3. The van der Waals surface area contributed by atoms with Gasteiger partial charge in [-0.1, -0.05) is 52.0 Å². The van der Waals surface area contributed by atoms with Crippen molar-refractivity contribution in [1.29, 1.82) is 0 Å². The van der Waals surface area contributed by atoms with E-state index < -0.39 is 0 Å². The van der Waals surface area contributed by atoms with E-state index >= 15 is 0 Å². The number of hydrogen-bond donors (Lipinski definition) is 0. The van der Waals surface area contributed by atoms with Crippen molar-refractivity contribution in [2.75, 3.05) is 11.6 Å². The summed E-state index contributed by atoms with van der Waals surface area (Å²) in [5.41, 5.74) is 6.87. The van der Waals surface area contributed by atoms with Gasteiger partial charge in [0, 0.05) is 17.6 Å². The average Bonchev–Trinajstić information content (AvgIpc) is 2.91. The molecule has 0 saturated heterocycles. The summed E-state index contributed by atoms with van der Waals surface area (Å²) in [5, 5.41) is 0. The minimum Gasteiger partial charge on any atom is -0.327 e. The number of nitrogens with zero attached hydrogens (tertiary/aromatic N) is 2. The van der Waals surface area contributed by atoms with Crippen LogP contribution in [-0.2, 0) is 0 Å². The van der Waals surface area contributed by atoms with E-state index in [9.17, 15) is 0 Å². The summed E-state index contributed by atoms with van der Waals surface area (Å²) in [6.07, 6.45) is 8.80. The summed E-state index contributed by atoms with van der Waals surface area (Å²) in [7, 11) is 0. The molecule has 0 saturated carbocycles. The Labute approximate surface area is 134 Å². The quantitative estimate of drug-likeness (QED) is 0.743. The van der Waals surface area contributed by atoms with Gasteiger partial charge in [0.25, 0.3) is 0 Å². The minimum absolute atomic E-state index is 0.525. The van der Waals surface area contributed by atoms with Crippen LogP contribution in [0.1, 0.15) is 57.6 Å². The van der Waals surface area contributed by atoms with Crippen molar-refractivity contribution in [1.82, 2.24) is 4.90 Å². The Hall–Kier alpha value is -1.96. The van der Waals surface area contributed by atoms with Gasteiger partial charge < -0.3 is 9.80 Å². The molecule has 3 rings (SSSR count). The first-order valence-corrected chi connectivity index (χ1v) is 8.22. The van der Waals surface area contributed by atoms with Gasteiger partial charge >= 0.3 is 0 Å². The van der Waals surface area contributed by atoms with E-state index in [1.54, 1.807) is 0 Å². The van der Waals surface area contributed by atoms with E-state index in [0.717, 1.165) is 6.67 Å². The molecule has 2 aliphatic heterocycles. The summed E-state index contributed by atoms with van der Waals surface area (Å²) in [6.45, 7) is 12.2. The van der Waals surface area contributed by atoms with E-state index in [2.05, 4.69) is 87.0 Å². The molecule has 2 nitrogen and oxygen atoms in total. The summed E-state index contributed by atoms with van der Waals surface area (Å²) in [4.78, 5) is 4.80. The van der Waals surface area contributed by atoms with Crippen molar-refractivity contribution in [3.8, 4) is 0 Å². The number of hydrogen-bond acceptors (Lipinski definition) is 2. The molecule has 1 aromatic rings. The SMILES string of the molecule is CC1=CC=CC2=CN(c3c(C(C)C)cccc3C(C)C)CN12. The van der Waals surface area contributed by atoms with Crippen LogP contribution in [0.4, 0.5) is 5.69 Å². The van der Waals surface area contributed by atoms with Gasteiger partial charge in [0.15, 0.2) is 0 Å². The molecule has 0 N–H and O–H groups in total. The Morgan fingerprint density at radius 3 is 2.18 bits per heavy atom. The number of anilines is 1. The number of fused-ring (bicyclic) bond motifs is 1. The lowest BCUT2D eigenvalue weighted by Gasteiger charge is -2.29. The normalized spacial score (nSPS) is 17.2. The molecule has 22 heavy (non-hydrogen) atoms. The number of benzene rings is 1. The van der Waals surface area contributed by atoms with Crippen LogP contribution in [0.25, 0.3) is 0 Å². The molecule has 2 heterocycles. The predicted molar refractivity (Wildman–Crippen MR) is 94.8 cm³/mol. The summed E-state index contributed by atoms with van der Waals surface area (Å²) in [5.74, 6) is 1.05. The zero-order valence-corrected chi connectivity index (χ0v) is 14.3. The minimum atomic E-state index is 0.525. The molecule has 0 unspecified atom stereocenters. The van der Waals surface area contributed by atoms with Gasteiger partial charge in [0.1, 0.15) is 0 Å². The van der Waals surface area contributed by atoms with Gasteiger partial charge in [-0.2, -0.15) is 0 Å². The van der Waals surface area contributed by atoms with Gasteiger partial charge in [-0.15, -0.1) is 0 Å². The third-order valence-corrected chi connectivity index (χ3v) is 4.55. The molecule has 0 spiro atoms. The first-order chi connectivity index (χ1) is 10.5. The highest BCUT2D eigenvalue weighted by molar-refractivity contribution is 5.65. The first kappa shape index (κ1) is 15.0. The Balaban J connectivity index is 2.08. The van der Waals surface area contributed by atoms with Gasteiger partial charge in [-0.25, -0.2) is 0 Å². The molecule has 116 valence electrons. The van der Waals surface area contributed by atoms with Crippen molar-refractivity contribution in [3.63, 3.8) is 0 Å². The highest BCUT2D eigenvalue weighted by atomic mass is 15.4. The third-order valence-electron chi connectivity index (χ3n) is 4.55. The van der Waals surface area contributed by atoms with E-state index in [0.29, 0.717) is 11.8 Å². The largest absolute Gasteiger partial charge is 0.327 e. The molecule has 2 aliphatic rings. The lowest BCUT2D eigenvalue weighted by Crippen LogP contribution is -2.27. The molecule has 0 fully saturated rings. The number of para-hydroxylation sites is 1. The fourth-order valence-corrected chi connectivity index (χ4v) is 3.31.